The normalized spacial score (nSPS) is 19.4. The molecule has 2 N–H and O–H groups in total. The number of carbonyl (C=O) groups is 2. The molecule has 1 radical (unpaired) electrons. The van der Waals surface area contributed by atoms with Gasteiger partial charge in [-0.3, -0.25) is 19.2 Å². The van der Waals surface area contributed by atoms with Crippen molar-refractivity contribution in [3.05, 3.63) is 107 Å². The number of nitrogens with one attached hydrogen (secondary N) is 2. The first kappa shape index (κ1) is 31.6. The highest BCUT2D eigenvalue weighted by Gasteiger charge is 2.35. The van der Waals surface area contributed by atoms with Gasteiger partial charge >= 0.3 is 0 Å². The lowest BCUT2D eigenvalue weighted by molar-refractivity contribution is -0.137. The molecule has 0 aromatic heterocycles. The van der Waals surface area contributed by atoms with Crippen LogP contribution in [0.5, 0.6) is 0 Å². The van der Waals surface area contributed by atoms with Crippen molar-refractivity contribution in [3.8, 4) is 0 Å². The average Bonchev–Trinajstić information content (AvgIpc) is 3.88. The molecule has 2 atom stereocenters. The lowest BCUT2D eigenvalue weighted by Crippen LogP contribution is -2.53. The maximum atomic E-state index is 14.1. The SMILES string of the molecule is CS(=O)(=O)N(CC1CC1)c1ccccc1C1CCN(C(=O)[C@@H](Cc2ccc(Cl)cc2)NC(=O)C2N[CH]Cc3ccccc32)CC1. The highest BCUT2D eigenvalue weighted by atomic mass is 35.5. The van der Waals surface area contributed by atoms with Crippen LogP contribution in [0.1, 0.15) is 59.9 Å². The molecule has 2 heterocycles. The van der Waals surface area contributed by atoms with E-state index in [2.05, 4.69) is 10.6 Å². The van der Waals surface area contributed by atoms with Crippen molar-refractivity contribution in [3.63, 3.8) is 0 Å². The number of likely N-dealkylation sites (tertiary alicyclic amines) is 1. The van der Waals surface area contributed by atoms with Crippen LogP contribution >= 0.6 is 11.6 Å². The predicted octanol–water partition coefficient (Wildman–Crippen LogP) is 5.00. The molecule has 0 spiro atoms. The number of anilines is 1. The van der Waals surface area contributed by atoms with Gasteiger partial charge in [0.25, 0.3) is 0 Å². The number of hydrogen-bond acceptors (Lipinski definition) is 5. The number of amides is 2. The zero-order valence-corrected chi connectivity index (χ0v) is 27.1. The van der Waals surface area contributed by atoms with E-state index in [-0.39, 0.29) is 17.7 Å². The first-order chi connectivity index (χ1) is 21.7. The van der Waals surface area contributed by atoms with E-state index < -0.39 is 22.1 Å². The van der Waals surface area contributed by atoms with Crippen LogP contribution in [0.2, 0.25) is 5.02 Å². The number of halogens is 1. The molecule has 1 saturated heterocycles. The fraction of sp³-hybridized carbons (Fsp3) is 0.400. The van der Waals surface area contributed by atoms with E-state index in [0.717, 1.165) is 47.2 Å². The zero-order chi connectivity index (χ0) is 31.6. The summed E-state index contributed by atoms with van der Waals surface area (Å²) in [5.74, 6) is 0.169. The zero-order valence-electron chi connectivity index (χ0n) is 25.5. The Kier molecular flexibility index (Phi) is 9.49. The molecule has 2 fully saturated rings. The number of para-hydroxylation sites is 1. The van der Waals surface area contributed by atoms with Crippen LogP contribution in [0.3, 0.4) is 0 Å². The second-order valence-electron chi connectivity index (χ2n) is 12.5. The Labute approximate surface area is 271 Å². The van der Waals surface area contributed by atoms with Crippen molar-refractivity contribution >= 4 is 39.1 Å². The van der Waals surface area contributed by atoms with Gasteiger partial charge in [0.05, 0.1) is 11.9 Å². The second-order valence-corrected chi connectivity index (χ2v) is 14.8. The molecule has 2 amide bonds. The van der Waals surface area contributed by atoms with Crippen molar-refractivity contribution < 1.29 is 18.0 Å². The van der Waals surface area contributed by atoms with Crippen LogP contribution in [-0.2, 0) is 32.5 Å². The van der Waals surface area contributed by atoms with Crippen molar-refractivity contribution in [2.24, 2.45) is 5.92 Å². The topological polar surface area (TPSA) is 98.8 Å². The van der Waals surface area contributed by atoms with E-state index in [9.17, 15) is 18.0 Å². The van der Waals surface area contributed by atoms with E-state index in [1.807, 2.05) is 72.1 Å². The Balaban J connectivity index is 1.18. The largest absolute Gasteiger partial charge is 0.342 e. The maximum absolute atomic E-state index is 14.1. The Morgan fingerprint density at radius 3 is 2.31 bits per heavy atom. The Bertz CT molecular complexity index is 1640. The number of sulfonamides is 1. The van der Waals surface area contributed by atoms with Gasteiger partial charge in [-0.1, -0.05) is 66.2 Å². The van der Waals surface area contributed by atoms with Gasteiger partial charge in [0.1, 0.15) is 12.1 Å². The van der Waals surface area contributed by atoms with Gasteiger partial charge in [-0.15, -0.1) is 0 Å². The molecule has 10 heteroatoms. The number of piperidine rings is 1. The fourth-order valence-corrected chi connectivity index (χ4v) is 7.68. The lowest BCUT2D eigenvalue weighted by atomic mass is 9.87. The number of benzene rings is 3. The smallest absolute Gasteiger partial charge is 0.245 e. The summed E-state index contributed by atoms with van der Waals surface area (Å²) in [4.78, 5) is 29.6. The number of fused-ring (bicyclic) bond motifs is 1. The van der Waals surface area contributed by atoms with Crippen LogP contribution in [-0.4, -0.2) is 57.1 Å². The molecule has 8 nitrogen and oxygen atoms in total. The van der Waals surface area contributed by atoms with Crippen molar-refractivity contribution in [1.29, 1.82) is 0 Å². The van der Waals surface area contributed by atoms with E-state index in [0.29, 0.717) is 49.8 Å². The van der Waals surface area contributed by atoms with E-state index in [4.69, 9.17) is 11.6 Å². The van der Waals surface area contributed by atoms with Gasteiger partial charge in [-0.2, -0.15) is 0 Å². The standard InChI is InChI=1S/C35H40ClN4O4S/c1-45(43,44)40(23-25-10-11-25)32-9-5-4-7-29(32)27-17-20-39(21-18-27)35(42)31(22-24-12-14-28(36)15-13-24)38-34(41)33-30-8-3-2-6-26(30)16-19-37-33/h2-9,12-15,19,25,27,31,33,37H,10-11,16-18,20-23H2,1H3,(H,38,41)/t31-,33?/m1/s1. The third-order valence-electron chi connectivity index (χ3n) is 9.18. The van der Waals surface area contributed by atoms with Gasteiger partial charge in [0, 0.05) is 37.6 Å². The van der Waals surface area contributed by atoms with E-state index in [1.54, 1.807) is 16.4 Å². The Morgan fingerprint density at radius 2 is 1.62 bits per heavy atom. The van der Waals surface area contributed by atoms with E-state index >= 15 is 0 Å². The minimum absolute atomic E-state index is 0.121. The first-order valence-electron chi connectivity index (χ1n) is 15.7. The first-order valence-corrected chi connectivity index (χ1v) is 18.0. The van der Waals surface area contributed by atoms with Gasteiger partial charge in [-0.25, -0.2) is 8.42 Å². The molecule has 237 valence electrons. The fourth-order valence-electron chi connectivity index (χ4n) is 6.54. The quantitative estimate of drug-likeness (QED) is 0.323. The molecule has 3 aromatic rings. The van der Waals surface area contributed by atoms with Crippen LogP contribution in [0.4, 0.5) is 5.69 Å². The molecule has 6 rings (SSSR count). The molecule has 1 unspecified atom stereocenters. The minimum atomic E-state index is -3.43. The molecule has 1 aliphatic carbocycles. The molecule has 0 bridgehead atoms. The summed E-state index contributed by atoms with van der Waals surface area (Å²) < 4.78 is 27.2. The highest BCUT2D eigenvalue weighted by molar-refractivity contribution is 7.92. The molecule has 3 aliphatic rings. The van der Waals surface area contributed by atoms with Gasteiger partial charge in [-0.05, 0) is 84.4 Å². The van der Waals surface area contributed by atoms with Gasteiger partial charge < -0.3 is 10.2 Å². The summed E-state index contributed by atoms with van der Waals surface area (Å²) in [6, 6.07) is 21.7. The molecular weight excluding hydrogens is 608 g/mol. The summed E-state index contributed by atoms with van der Waals surface area (Å²) in [6.07, 6.45) is 5.88. The minimum Gasteiger partial charge on any atom is -0.342 e. The Morgan fingerprint density at radius 1 is 0.956 bits per heavy atom. The van der Waals surface area contributed by atoms with Gasteiger partial charge in [0.15, 0.2) is 0 Å². The summed E-state index contributed by atoms with van der Waals surface area (Å²) in [5.41, 5.74) is 4.67. The molecule has 2 aliphatic heterocycles. The molecule has 1 saturated carbocycles. The van der Waals surface area contributed by atoms with Crippen LogP contribution in [0.25, 0.3) is 0 Å². The summed E-state index contributed by atoms with van der Waals surface area (Å²) in [7, 11) is -3.43. The summed E-state index contributed by atoms with van der Waals surface area (Å²) >= 11 is 6.12. The Hall–Kier alpha value is -3.40. The van der Waals surface area contributed by atoms with Crippen molar-refractivity contribution in [2.45, 2.75) is 56.5 Å². The predicted molar refractivity (Wildman–Crippen MR) is 177 cm³/mol. The number of hydrogen-bond donors (Lipinski definition) is 2. The third-order valence-corrected chi connectivity index (χ3v) is 10.6. The van der Waals surface area contributed by atoms with Crippen LogP contribution in [0.15, 0.2) is 72.8 Å². The maximum Gasteiger partial charge on any atom is 0.245 e. The van der Waals surface area contributed by atoms with E-state index in [1.165, 1.54) is 6.26 Å². The van der Waals surface area contributed by atoms with Crippen molar-refractivity contribution in [2.75, 3.05) is 30.2 Å². The number of rotatable bonds is 10. The monoisotopic (exact) mass is 647 g/mol. The van der Waals surface area contributed by atoms with Crippen molar-refractivity contribution in [1.82, 2.24) is 15.5 Å². The molecule has 3 aromatic carbocycles. The third kappa shape index (κ3) is 7.54. The second kappa shape index (κ2) is 13.5. The van der Waals surface area contributed by atoms with Crippen LogP contribution < -0.4 is 14.9 Å². The highest BCUT2D eigenvalue weighted by Crippen LogP contribution is 2.38. The number of nitrogens with zero attached hydrogens (tertiary/aromatic N) is 2. The summed E-state index contributed by atoms with van der Waals surface area (Å²) in [5, 5.41) is 6.89. The average molecular weight is 648 g/mol. The summed E-state index contributed by atoms with van der Waals surface area (Å²) in [6.45, 7) is 3.44. The molecule has 45 heavy (non-hydrogen) atoms. The molecular formula is C35H40ClN4O4S. The van der Waals surface area contributed by atoms with Gasteiger partial charge in [0.2, 0.25) is 21.8 Å². The lowest BCUT2D eigenvalue weighted by Gasteiger charge is -2.36. The van der Waals surface area contributed by atoms with Crippen LogP contribution in [0, 0.1) is 12.5 Å². The number of carbonyl (C=O) groups excluding carboxylic acids is 2.